The Labute approximate surface area is 163 Å². The molecule has 6 heteroatoms. The molecule has 1 saturated heterocycles. The molecule has 146 valence electrons. The third-order valence-corrected chi connectivity index (χ3v) is 6.11. The van der Waals surface area contributed by atoms with E-state index in [0.29, 0.717) is 17.1 Å². The Morgan fingerprint density at radius 3 is 2.75 bits per heavy atom. The molecular weight excluding hydrogens is 354 g/mol. The van der Waals surface area contributed by atoms with Crippen LogP contribution >= 0.6 is 0 Å². The quantitative estimate of drug-likeness (QED) is 0.629. The fourth-order valence-corrected chi connectivity index (χ4v) is 4.63. The number of hydrogen-bond donors (Lipinski definition) is 0. The summed E-state index contributed by atoms with van der Waals surface area (Å²) in [5.41, 5.74) is 3.02. The molecule has 2 fully saturated rings. The number of fused-ring (bicyclic) bond motifs is 1. The number of oxazole rings is 1. The summed E-state index contributed by atoms with van der Waals surface area (Å²) >= 11 is 0. The first-order valence-electron chi connectivity index (χ1n) is 10.3. The highest BCUT2D eigenvalue weighted by Gasteiger charge is 2.33. The molecule has 3 heterocycles. The molecular formula is C22H25N3O3. The first kappa shape index (κ1) is 17.5. The third-order valence-electron chi connectivity index (χ3n) is 6.11. The largest absolute Gasteiger partial charge is 0.440 e. The van der Waals surface area contributed by atoms with Gasteiger partial charge in [-0.05, 0) is 50.8 Å². The number of hydrogen-bond acceptors (Lipinski definition) is 5. The fourth-order valence-electron chi connectivity index (χ4n) is 4.63. The standard InChI is InChI=1S/C22H25N3O3/c1-14-12-18(24-28-14)19-8-5-11-25(19)22(26)16-9-10-17-20(13-16)27-21(23-17)15-6-3-2-4-7-15/h9-10,12-13,15,19H,2-8,11H2,1H3/t19-/m1/s1. The van der Waals surface area contributed by atoms with Crippen LogP contribution in [0.25, 0.3) is 11.1 Å². The van der Waals surface area contributed by atoms with E-state index in [0.717, 1.165) is 55.1 Å². The molecule has 6 nitrogen and oxygen atoms in total. The summed E-state index contributed by atoms with van der Waals surface area (Å²) in [6, 6.07) is 7.52. The number of likely N-dealkylation sites (tertiary alicyclic amines) is 1. The van der Waals surface area contributed by atoms with E-state index in [-0.39, 0.29) is 11.9 Å². The van der Waals surface area contributed by atoms with Gasteiger partial charge in [-0.25, -0.2) is 4.98 Å². The number of carbonyl (C=O) groups excluding carboxylic acids is 1. The van der Waals surface area contributed by atoms with Crippen molar-refractivity contribution in [2.45, 2.75) is 63.8 Å². The molecule has 1 aliphatic carbocycles. The maximum Gasteiger partial charge on any atom is 0.254 e. The van der Waals surface area contributed by atoms with Crippen LogP contribution in [0, 0.1) is 6.92 Å². The van der Waals surface area contributed by atoms with Crippen LogP contribution in [0.3, 0.4) is 0 Å². The van der Waals surface area contributed by atoms with E-state index in [1.807, 2.05) is 36.1 Å². The Morgan fingerprint density at radius 2 is 1.96 bits per heavy atom. The zero-order valence-electron chi connectivity index (χ0n) is 16.2. The summed E-state index contributed by atoms with van der Waals surface area (Å²) in [5, 5.41) is 4.13. The van der Waals surface area contributed by atoms with Crippen LogP contribution in [0.2, 0.25) is 0 Å². The Kier molecular flexibility index (Phi) is 4.41. The molecule has 1 aromatic carbocycles. The minimum Gasteiger partial charge on any atom is -0.440 e. The first-order valence-corrected chi connectivity index (χ1v) is 10.3. The average molecular weight is 379 g/mol. The number of amides is 1. The van der Waals surface area contributed by atoms with Crippen LogP contribution in [0.15, 0.2) is 33.2 Å². The monoisotopic (exact) mass is 379 g/mol. The van der Waals surface area contributed by atoms with Crippen molar-refractivity contribution in [1.29, 1.82) is 0 Å². The van der Waals surface area contributed by atoms with Gasteiger partial charge in [0.2, 0.25) is 0 Å². The lowest BCUT2D eigenvalue weighted by Gasteiger charge is -2.23. The molecule has 1 aliphatic heterocycles. The van der Waals surface area contributed by atoms with Crippen LogP contribution in [0.4, 0.5) is 0 Å². The molecule has 1 atom stereocenters. The zero-order chi connectivity index (χ0) is 19.1. The molecule has 2 aromatic heterocycles. The summed E-state index contributed by atoms with van der Waals surface area (Å²) in [7, 11) is 0. The van der Waals surface area contributed by atoms with Crippen molar-refractivity contribution in [2.75, 3.05) is 6.54 Å². The van der Waals surface area contributed by atoms with E-state index in [2.05, 4.69) is 10.1 Å². The predicted octanol–water partition coefficient (Wildman–Crippen LogP) is 5.15. The van der Waals surface area contributed by atoms with Crippen molar-refractivity contribution < 1.29 is 13.7 Å². The van der Waals surface area contributed by atoms with Gasteiger partial charge in [0.05, 0.1) is 6.04 Å². The predicted molar refractivity (Wildman–Crippen MR) is 104 cm³/mol. The van der Waals surface area contributed by atoms with Crippen LogP contribution in [0.1, 0.15) is 84.6 Å². The minimum atomic E-state index is -0.0202. The second-order valence-electron chi connectivity index (χ2n) is 8.09. The Bertz CT molecular complexity index is 1000. The molecule has 0 unspecified atom stereocenters. The molecule has 5 rings (SSSR count). The summed E-state index contributed by atoms with van der Waals surface area (Å²) in [6.07, 6.45) is 7.95. The summed E-state index contributed by atoms with van der Waals surface area (Å²) in [6.45, 7) is 2.61. The van der Waals surface area contributed by atoms with Crippen LogP contribution < -0.4 is 0 Å². The van der Waals surface area contributed by atoms with Crippen molar-refractivity contribution in [2.24, 2.45) is 0 Å². The molecule has 1 amide bonds. The molecule has 0 N–H and O–H groups in total. The van der Waals surface area contributed by atoms with Crippen molar-refractivity contribution in [3.63, 3.8) is 0 Å². The van der Waals surface area contributed by atoms with Gasteiger partial charge >= 0.3 is 0 Å². The van der Waals surface area contributed by atoms with Gasteiger partial charge in [-0.1, -0.05) is 24.4 Å². The summed E-state index contributed by atoms with van der Waals surface area (Å²) < 4.78 is 11.3. The second kappa shape index (κ2) is 7.08. The number of aromatic nitrogens is 2. The lowest BCUT2D eigenvalue weighted by Crippen LogP contribution is -2.30. The smallest absolute Gasteiger partial charge is 0.254 e. The number of rotatable bonds is 3. The normalized spacial score (nSPS) is 20.9. The lowest BCUT2D eigenvalue weighted by molar-refractivity contribution is 0.0731. The van der Waals surface area contributed by atoms with E-state index in [4.69, 9.17) is 8.94 Å². The fraction of sp³-hybridized carbons (Fsp3) is 0.500. The van der Waals surface area contributed by atoms with Crippen LogP contribution in [-0.2, 0) is 0 Å². The van der Waals surface area contributed by atoms with Gasteiger partial charge in [-0.2, -0.15) is 0 Å². The van der Waals surface area contributed by atoms with Gasteiger partial charge in [0, 0.05) is 24.1 Å². The van der Waals surface area contributed by atoms with Crippen molar-refractivity contribution in [3.8, 4) is 0 Å². The van der Waals surface area contributed by atoms with Crippen LogP contribution in [0.5, 0.6) is 0 Å². The Balaban J connectivity index is 1.41. The topological polar surface area (TPSA) is 72.4 Å². The first-order chi connectivity index (χ1) is 13.7. The number of benzene rings is 1. The highest BCUT2D eigenvalue weighted by molar-refractivity contribution is 5.97. The lowest BCUT2D eigenvalue weighted by atomic mass is 9.89. The van der Waals surface area contributed by atoms with Gasteiger partial charge in [0.25, 0.3) is 5.91 Å². The van der Waals surface area contributed by atoms with Crippen molar-refractivity contribution in [3.05, 3.63) is 47.2 Å². The van der Waals surface area contributed by atoms with Gasteiger partial charge in [0.1, 0.15) is 17.0 Å². The molecule has 1 saturated carbocycles. The van der Waals surface area contributed by atoms with Gasteiger partial charge < -0.3 is 13.8 Å². The zero-order valence-corrected chi connectivity index (χ0v) is 16.2. The van der Waals surface area contributed by atoms with Gasteiger partial charge in [-0.3, -0.25) is 4.79 Å². The van der Waals surface area contributed by atoms with Crippen molar-refractivity contribution >= 4 is 17.0 Å². The number of nitrogens with zero attached hydrogens (tertiary/aromatic N) is 3. The second-order valence-corrected chi connectivity index (χ2v) is 8.09. The van der Waals surface area contributed by atoms with E-state index < -0.39 is 0 Å². The van der Waals surface area contributed by atoms with E-state index in [1.165, 1.54) is 19.3 Å². The maximum absolute atomic E-state index is 13.2. The number of carbonyl (C=O) groups is 1. The highest BCUT2D eigenvalue weighted by Crippen LogP contribution is 2.35. The molecule has 0 bridgehead atoms. The third kappa shape index (κ3) is 3.11. The van der Waals surface area contributed by atoms with Crippen LogP contribution in [-0.4, -0.2) is 27.5 Å². The Hall–Kier alpha value is -2.63. The summed E-state index contributed by atoms with van der Waals surface area (Å²) in [5.74, 6) is 2.03. The van der Waals surface area contributed by atoms with E-state index >= 15 is 0 Å². The molecule has 0 radical (unpaired) electrons. The molecule has 2 aliphatic rings. The maximum atomic E-state index is 13.2. The minimum absolute atomic E-state index is 0.0145. The highest BCUT2D eigenvalue weighted by atomic mass is 16.5. The molecule has 3 aromatic rings. The number of aryl methyl sites for hydroxylation is 1. The van der Waals surface area contributed by atoms with Gasteiger partial charge in [-0.15, -0.1) is 0 Å². The van der Waals surface area contributed by atoms with E-state index in [1.54, 1.807) is 0 Å². The van der Waals surface area contributed by atoms with E-state index in [9.17, 15) is 4.79 Å². The average Bonchev–Trinajstić information content (AvgIpc) is 3.46. The SMILES string of the molecule is Cc1cc([C@H]2CCCN2C(=O)c2ccc3nc(C4CCCCC4)oc3c2)no1. The Morgan fingerprint density at radius 1 is 1.11 bits per heavy atom. The van der Waals surface area contributed by atoms with Gasteiger partial charge in [0.15, 0.2) is 11.5 Å². The molecule has 0 spiro atoms. The molecule has 28 heavy (non-hydrogen) atoms. The summed E-state index contributed by atoms with van der Waals surface area (Å²) in [4.78, 5) is 19.8. The van der Waals surface area contributed by atoms with Crippen molar-refractivity contribution in [1.82, 2.24) is 15.0 Å².